The van der Waals surface area contributed by atoms with Crippen LogP contribution in [0.1, 0.15) is 39.7 Å². The quantitative estimate of drug-likeness (QED) is 0.185. The number of aryl methyl sites for hydroxylation is 1. The first-order chi connectivity index (χ1) is 19.2. The van der Waals surface area contributed by atoms with Crippen LogP contribution < -0.4 is 0 Å². The molecule has 0 fully saturated rings. The minimum absolute atomic E-state index is 0.416. The largest absolute Gasteiger partial charge is 0.381 e. The van der Waals surface area contributed by atoms with E-state index in [9.17, 15) is 10.2 Å². The second-order valence-corrected chi connectivity index (χ2v) is 18.1. The second kappa shape index (κ2) is 10.6. The molecule has 208 valence electrons. The number of hydrazone groups is 1. The summed E-state index contributed by atoms with van der Waals surface area (Å²) in [5.74, 6) is 0. The molecule has 9 nitrogen and oxygen atoms in total. The van der Waals surface area contributed by atoms with E-state index in [1.54, 1.807) is 11.2 Å². The van der Waals surface area contributed by atoms with Gasteiger partial charge in [0.1, 0.15) is 17.8 Å². The van der Waals surface area contributed by atoms with Gasteiger partial charge in [-0.15, -0.1) is 11.3 Å². The van der Waals surface area contributed by atoms with Crippen molar-refractivity contribution in [2.24, 2.45) is 12.1 Å². The minimum Gasteiger partial charge on any atom is -0.381 e. The lowest BCUT2D eigenvalue weighted by molar-refractivity contribution is -0.00973. The Morgan fingerprint density at radius 1 is 1.10 bits per heavy atom. The molecule has 0 bridgehead atoms. The van der Waals surface area contributed by atoms with Crippen LogP contribution in [0, 0.1) is 0 Å². The summed E-state index contributed by atoms with van der Waals surface area (Å²) in [6.07, 6.45) is 1.91. The summed E-state index contributed by atoms with van der Waals surface area (Å²) >= 11 is 1.43. The Bertz CT molecular complexity index is 1690. The highest BCUT2D eigenvalue weighted by molar-refractivity contribution is 7.19. The smallest absolute Gasteiger partial charge is 0.184 e. The van der Waals surface area contributed by atoms with Gasteiger partial charge in [0.05, 0.1) is 34.9 Å². The molecule has 0 amide bonds. The van der Waals surface area contributed by atoms with Crippen LogP contribution in [0.25, 0.3) is 21.3 Å². The Labute approximate surface area is 238 Å². The highest BCUT2D eigenvalue weighted by Crippen LogP contribution is 2.39. The third kappa shape index (κ3) is 4.99. The van der Waals surface area contributed by atoms with Gasteiger partial charge < -0.3 is 19.5 Å². The molecule has 1 aliphatic rings. The molecule has 40 heavy (non-hydrogen) atoms. The monoisotopic (exact) mass is 574 g/mol. The summed E-state index contributed by atoms with van der Waals surface area (Å²) in [6, 6.07) is 16.7. The highest BCUT2D eigenvalue weighted by Gasteiger charge is 2.31. The van der Waals surface area contributed by atoms with Crippen LogP contribution in [0.5, 0.6) is 0 Å². The minimum atomic E-state index is -1.15. The van der Waals surface area contributed by atoms with Crippen LogP contribution in [0.2, 0.25) is 25.7 Å². The number of fused-ring (bicyclic) bond motifs is 4. The van der Waals surface area contributed by atoms with E-state index < -0.39 is 20.4 Å². The number of benzene rings is 2. The van der Waals surface area contributed by atoms with Gasteiger partial charge in [-0.25, -0.2) is 9.67 Å². The van der Waals surface area contributed by atoms with Crippen molar-refractivity contribution < 1.29 is 14.9 Å². The molecule has 0 saturated carbocycles. The van der Waals surface area contributed by atoms with Crippen molar-refractivity contribution in [3.8, 4) is 0 Å². The van der Waals surface area contributed by atoms with Gasteiger partial charge in [-0.2, -0.15) is 10.2 Å². The molecular formula is C29H34N6O3SSi. The summed E-state index contributed by atoms with van der Waals surface area (Å²) in [5, 5.41) is 34.8. The van der Waals surface area contributed by atoms with E-state index in [4.69, 9.17) is 9.72 Å². The molecule has 0 radical (unpaired) electrons. The average molecular weight is 575 g/mol. The number of rotatable bonds is 9. The van der Waals surface area contributed by atoms with Crippen LogP contribution in [0.4, 0.5) is 0 Å². The molecule has 5 aromatic rings. The molecule has 2 aromatic carbocycles. The van der Waals surface area contributed by atoms with E-state index in [-0.39, 0.29) is 0 Å². The fourth-order valence-electron chi connectivity index (χ4n) is 5.05. The third-order valence-electron chi connectivity index (χ3n) is 7.36. The van der Waals surface area contributed by atoms with Gasteiger partial charge >= 0.3 is 0 Å². The van der Waals surface area contributed by atoms with Crippen LogP contribution in [-0.2, 0) is 25.1 Å². The van der Waals surface area contributed by atoms with Crippen molar-refractivity contribution in [2.75, 3.05) is 6.61 Å². The predicted octanol–water partition coefficient (Wildman–Crippen LogP) is 5.22. The zero-order valence-electron chi connectivity index (χ0n) is 23.2. The van der Waals surface area contributed by atoms with E-state index in [1.807, 2.05) is 71.0 Å². The van der Waals surface area contributed by atoms with E-state index in [2.05, 4.69) is 29.8 Å². The van der Waals surface area contributed by atoms with Crippen molar-refractivity contribution in [3.05, 3.63) is 82.1 Å². The zero-order valence-corrected chi connectivity index (χ0v) is 25.0. The number of nitrogens with zero attached hydrogens (tertiary/aromatic N) is 6. The number of hydrogen-bond donors (Lipinski definition) is 2. The third-order valence-corrected chi connectivity index (χ3v) is 10.2. The summed E-state index contributed by atoms with van der Waals surface area (Å²) in [4.78, 5) is 4.74. The molecule has 1 aliphatic heterocycles. The Hall–Kier alpha value is -3.35. The topological polar surface area (TPSA) is 101 Å². The van der Waals surface area contributed by atoms with Crippen molar-refractivity contribution >= 4 is 46.9 Å². The molecule has 2 atom stereocenters. The van der Waals surface area contributed by atoms with Gasteiger partial charge in [0.25, 0.3) is 0 Å². The normalized spacial score (nSPS) is 16.2. The van der Waals surface area contributed by atoms with Gasteiger partial charge in [0, 0.05) is 32.7 Å². The number of aliphatic hydroxyl groups excluding tert-OH is 2. The summed E-state index contributed by atoms with van der Waals surface area (Å²) in [5.41, 5.74) is 5.12. The van der Waals surface area contributed by atoms with Crippen LogP contribution >= 0.6 is 11.3 Å². The maximum Gasteiger partial charge on any atom is 0.184 e. The number of aliphatic hydroxyl groups is 2. The van der Waals surface area contributed by atoms with Crippen LogP contribution in [0.3, 0.4) is 0 Å². The van der Waals surface area contributed by atoms with Crippen molar-refractivity contribution in [2.45, 2.75) is 51.3 Å². The molecule has 0 saturated heterocycles. The van der Waals surface area contributed by atoms with Gasteiger partial charge in [-0.1, -0.05) is 62.1 Å². The molecule has 3 aromatic heterocycles. The molecule has 0 spiro atoms. The number of hydrogen-bond acceptors (Lipinski definition) is 8. The lowest BCUT2D eigenvalue weighted by atomic mass is 10.1. The maximum atomic E-state index is 11.4. The van der Waals surface area contributed by atoms with Gasteiger partial charge in [-0.3, -0.25) is 5.01 Å². The van der Waals surface area contributed by atoms with Crippen molar-refractivity contribution in [3.63, 3.8) is 0 Å². The van der Waals surface area contributed by atoms with Crippen LogP contribution in [0.15, 0.2) is 59.8 Å². The molecule has 0 aliphatic carbocycles. The predicted molar refractivity (Wildman–Crippen MR) is 161 cm³/mol. The van der Waals surface area contributed by atoms with Gasteiger partial charge in [-0.05, 0) is 23.2 Å². The van der Waals surface area contributed by atoms with Gasteiger partial charge in [0.2, 0.25) is 0 Å². The Balaban J connectivity index is 1.22. The molecule has 6 rings (SSSR count). The Kier molecular flexibility index (Phi) is 7.09. The summed E-state index contributed by atoms with van der Waals surface area (Å²) in [7, 11) is 0.751. The fraction of sp³-hybridized carbons (Fsp3) is 0.345. The first-order valence-electron chi connectivity index (χ1n) is 13.4. The van der Waals surface area contributed by atoms with E-state index in [0.717, 1.165) is 56.3 Å². The van der Waals surface area contributed by atoms with Gasteiger partial charge in [0.15, 0.2) is 11.9 Å². The molecule has 11 heteroatoms. The van der Waals surface area contributed by atoms with Crippen molar-refractivity contribution in [1.29, 1.82) is 0 Å². The molecular weight excluding hydrogens is 541 g/mol. The highest BCUT2D eigenvalue weighted by atomic mass is 32.1. The number of aromatic nitrogens is 4. The van der Waals surface area contributed by atoms with E-state index in [1.165, 1.54) is 11.3 Å². The first kappa shape index (κ1) is 26.8. The first-order valence-corrected chi connectivity index (χ1v) is 18.0. The Morgan fingerprint density at radius 3 is 2.67 bits per heavy atom. The summed E-state index contributed by atoms with van der Waals surface area (Å²) < 4.78 is 10.6. The lowest BCUT2D eigenvalue weighted by Crippen LogP contribution is -2.29. The Morgan fingerprint density at radius 2 is 1.90 bits per heavy atom. The van der Waals surface area contributed by atoms with Crippen LogP contribution in [-0.4, -0.2) is 55.4 Å². The van der Waals surface area contributed by atoms with E-state index in [0.29, 0.717) is 18.3 Å². The molecule has 4 heterocycles. The maximum absolute atomic E-state index is 11.4. The van der Waals surface area contributed by atoms with Crippen molar-refractivity contribution in [1.82, 2.24) is 24.3 Å². The fourth-order valence-corrected chi connectivity index (χ4v) is 6.93. The lowest BCUT2D eigenvalue weighted by Gasteiger charge is -2.29. The summed E-state index contributed by atoms with van der Waals surface area (Å²) in [6.45, 7) is 8.60. The molecule has 2 unspecified atom stereocenters. The second-order valence-electron chi connectivity index (χ2n) is 11.4. The standard InChI is InChI=1S/C29H34N6O3SSi/c1-33-24-22(26-27(33)32-28(39-26)25(36)19-9-6-5-7-10-19)16-30-34(29(24)37)17-20-11-8-12-23-21(20)15-31-35(23)18-38-13-14-40(2,3)4/h5-12,15-16,25,29,36-37H,13-14,17-18H2,1-4H3. The SMILES string of the molecule is Cn1c2c(c3sc(C(O)c4ccccc4)nc31)C=NN(Cc1cccc3c1cnn3COCC[Si](C)(C)C)C2O. The van der Waals surface area contributed by atoms with E-state index >= 15 is 0 Å². The number of ether oxygens (including phenoxy) is 1. The zero-order chi connectivity index (χ0) is 28.0. The molecule has 2 N–H and O–H groups in total. The average Bonchev–Trinajstić information content (AvgIpc) is 3.63. The number of thiazole rings is 1.